The van der Waals surface area contributed by atoms with Crippen LogP contribution in [0.4, 0.5) is 28.8 Å². The second-order valence-electron chi connectivity index (χ2n) is 7.20. The lowest BCUT2D eigenvalue weighted by molar-refractivity contribution is 0.600. The summed E-state index contributed by atoms with van der Waals surface area (Å²) in [5, 5.41) is 12.9. The fourth-order valence-corrected chi connectivity index (χ4v) is 4.57. The van der Waals surface area contributed by atoms with Crippen molar-refractivity contribution in [3.63, 3.8) is 0 Å². The van der Waals surface area contributed by atoms with Crippen LogP contribution in [0.1, 0.15) is 17.0 Å². The predicted octanol–water partition coefficient (Wildman–Crippen LogP) is 3.81. The van der Waals surface area contributed by atoms with Gasteiger partial charge in [0.15, 0.2) is 0 Å². The van der Waals surface area contributed by atoms with Gasteiger partial charge in [-0.2, -0.15) is 5.10 Å². The van der Waals surface area contributed by atoms with Gasteiger partial charge in [0.1, 0.15) is 28.7 Å². The van der Waals surface area contributed by atoms with Gasteiger partial charge in [0.25, 0.3) is 10.0 Å². The van der Waals surface area contributed by atoms with Crippen molar-refractivity contribution in [3.8, 4) is 0 Å². The Balaban J connectivity index is 1.45. The Hall–Kier alpha value is -3.99. The zero-order valence-electron chi connectivity index (χ0n) is 17.7. The molecule has 0 aliphatic heterocycles. The highest BCUT2D eigenvalue weighted by Crippen LogP contribution is 2.23. The Morgan fingerprint density at radius 2 is 1.47 bits per heavy atom. The average molecular weight is 451 g/mol. The molecule has 0 atom stereocenters. The van der Waals surface area contributed by atoms with Gasteiger partial charge in [-0.3, -0.25) is 9.82 Å². The third-order valence-electron chi connectivity index (χ3n) is 4.58. The number of nitrogens with zero attached hydrogens (tertiary/aromatic N) is 4. The minimum Gasteiger partial charge on any atom is -0.340 e. The standard InChI is InChI=1S/C21H22N8O2S/c1-13-8-9-22-18(10-13)26-20-11-19(23-12-24-20)25-16-4-6-17(7-5-16)29-32(30,31)21-14(2)27-28-15(21)3/h4-12,29H,1-3H3,(H,27,28)(H2,22,23,24,25,26). The summed E-state index contributed by atoms with van der Waals surface area (Å²) in [7, 11) is -3.74. The SMILES string of the molecule is Cc1ccnc(Nc2cc(Nc3ccc(NS(=O)(=O)c4c(C)n[nH]c4C)cc3)ncn2)c1. The lowest BCUT2D eigenvalue weighted by Crippen LogP contribution is -2.14. The smallest absolute Gasteiger partial charge is 0.265 e. The Bertz CT molecular complexity index is 1330. The zero-order chi connectivity index (χ0) is 22.7. The molecule has 3 aromatic heterocycles. The molecule has 0 fully saturated rings. The van der Waals surface area contributed by atoms with Gasteiger partial charge in [0.05, 0.1) is 11.4 Å². The van der Waals surface area contributed by atoms with Crippen molar-refractivity contribution in [1.82, 2.24) is 25.1 Å². The Morgan fingerprint density at radius 3 is 2.12 bits per heavy atom. The first-order valence-corrected chi connectivity index (χ1v) is 11.2. The number of rotatable bonds is 7. The lowest BCUT2D eigenvalue weighted by atomic mass is 10.3. The van der Waals surface area contributed by atoms with E-state index in [2.05, 4.69) is 40.5 Å². The number of sulfonamides is 1. The number of anilines is 5. The summed E-state index contributed by atoms with van der Waals surface area (Å²) in [5.74, 6) is 1.86. The fourth-order valence-electron chi connectivity index (χ4n) is 3.14. The molecular formula is C21H22N8O2S. The summed E-state index contributed by atoms with van der Waals surface area (Å²) >= 11 is 0. The number of aromatic nitrogens is 5. The number of pyridine rings is 1. The summed E-state index contributed by atoms with van der Waals surface area (Å²) in [6.45, 7) is 5.30. The molecule has 11 heteroatoms. The Morgan fingerprint density at radius 1 is 0.812 bits per heavy atom. The number of benzene rings is 1. The quantitative estimate of drug-likeness (QED) is 0.333. The number of aromatic amines is 1. The third-order valence-corrected chi connectivity index (χ3v) is 6.22. The molecule has 0 saturated carbocycles. The van der Waals surface area contributed by atoms with Crippen LogP contribution in [0, 0.1) is 20.8 Å². The van der Waals surface area contributed by atoms with Crippen molar-refractivity contribution in [1.29, 1.82) is 0 Å². The molecule has 0 unspecified atom stereocenters. The van der Waals surface area contributed by atoms with Crippen molar-refractivity contribution in [3.05, 3.63) is 71.9 Å². The monoisotopic (exact) mass is 450 g/mol. The number of nitrogens with one attached hydrogen (secondary N) is 4. The van der Waals surface area contributed by atoms with Crippen LogP contribution < -0.4 is 15.4 Å². The third kappa shape index (κ3) is 4.83. The van der Waals surface area contributed by atoms with Gasteiger partial charge in [-0.1, -0.05) is 0 Å². The van der Waals surface area contributed by atoms with E-state index in [-0.39, 0.29) is 4.90 Å². The number of H-pyrrole nitrogens is 1. The van der Waals surface area contributed by atoms with Crippen LogP contribution in [0.15, 0.2) is 59.9 Å². The zero-order valence-corrected chi connectivity index (χ0v) is 18.5. The summed E-state index contributed by atoms with van der Waals surface area (Å²) in [6.07, 6.45) is 3.17. The number of hydrogen-bond acceptors (Lipinski definition) is 8. The van der Waals surface area contributed by atoms with Crippen molar-refractivity contribution in [2.45, 2.75) is 25.7 Å². The van der Waals surface area contributed by atoms with E-state index in [1.165, 1.54) is 6.33 Å². The first-order chi connectivity index (χ1) is 15.3. The molecule has 0 saturated heterocycles. The molecule has 4 N–H and O–H groups in total. The summed E-state index contributed by atoms with van der Waals surface area (Å²) in [4.78, 5) is 12.9. The van der Waals surface area contributed by atoms with E-state index >= 15 is 0 Å². The predicted molar refractivity (Wildman–Crippen MR) is 123 cm³/mol. The van der Waals surface area contributed by atoms with Gasteiger partial charge in [0, 0.05) is 23.6 Å². The summed E-state index contributed by atoms with van der Waals surface area (Å²) < 4.78 is 27.9. The van der Waals surface area contributed by atoms with Crippen LogP contribution >= 0.6 is 0 Å². The highest BCUT2D eigenvalue weighted by Gasteiger charge is 2.22. The molecule has 32 heavy (non-hydrogen) atoms. The molecule has 4 aromatic rings. The molecule has 0 spiro atoms. The Labute approximate surface area is 185 Å². The van der Waals surface area contributed by atoms with Crippen LogP contribution in [0.5, 0.6) is 0 Å². The van der Waals surface area contributed by atoms with Crippen molar-refractivity contribution in [2.24, 2.45) is 0 Å². The van der Waals surface area contributed by atoms with E-state index in [4.69, 9.17) is 0 Å². The second kappa shape index (κ2) is 8.63. The molecule has 0 radical (unpaired) electrons. The van der Waals surface area contributed by atoms with Gasteiger partial charge in [-0.25, -0.2) is 23.4 Å². The first kappa shape index (κ1) is 21.2. The Kier molecular flexibility index (Phi) is 5.73. The highest BCUT2D eigenvalue weighted by molar-refractivity contribution is 7.92. The van der Waals surface area contributed by atoms with E-state index in [1.54, 1.807) is 50.4 Å². The second-order valence-corrected chi connectivity index (χ2v) is 8.82. The molecule has 0 amide bonds. The van der Waals surface area contributed by atoms with Crippen molar-refractivity contribution in [2.75, 3.05) is 15.4 Å². The normalized spacial score (nSPS) is 11.2. The van der Waals surface area contributed by atoms with Gasteiger partial charge >= 0.3 is 0 Å². The fraction of sp³-hybridized carbons (Fsp3) is 0.143. The van der Waals surface area contributed by atoms with Gasteiger partial charge in [-0.15, -0.1) is 0 Å². The van der Waals surface area contributed by atoms with E-state index in [1.807, 2.05) is 19.1 Å². The van der Waals surface area contributed by atoms with Crippen LogP contribution in [-0.2, 0) is 10.0 Å². The summed E-state index contributed by atoms with van der Waals surface area (Å²) in [5.41, 5.74) is 3.17. The minimum absolute atomic E-state index is 0.156. The number of aryl methyl sites for hydroxylation is 3. The molecule has 1 aromatic carbocycles. The first-order valence-electron chi connectivity index (χ1n) is 9.73. The maximum atomic E-state index is 12.7. The molecule has 0 aliphatic rings. The van der Waals surface area contributed by atoms with Crippen LogP contribution in [-0.4, -0.2) is 33.6 Å². The van der Waals surface area contributed by atoms with Crippen LogP contribution in [0.2, 0.25) is 0 Å². The van der Waals surface area contributed by atoms with Gasteiger partial charge in [0.2, 0.25) is 0 Å². The molecule has 4 rings (SSSR count). The van der Waals surface area contributed by atoms with E-state index in [9.17, 15) is 8.42 Å². The molecule has 0 aliphatic carbocycles. The van der Waals surface area contributed by atoms with Gasteiger partial charge in [-0.05, 0) is 62.7 Å². The maximum absolute atomic E-state index is 12.7. The lowest BCUT2D eigenvalue weighted by Gasteiger charge is -2.11. The summed E-state index contributed by atoms with van der Waals surface area (Å²) in [6, 6.07) is 12.4. The van der Waals surface area contributed by atoms with Crippen LogP contribution in [0.3, 0.4) is 0 Å². The average Bonchev–Trinajstić information content (AvgIpc) is 3.08. The highest BCUT2D eigenvalue weighted by atomic mass is 32.2. The molecular weight excluding hydrogens is 428 g/mol. The molecule has 164 valence electrons. The van der Waals surface area contributed by atoms with Crippen molar-refractivity contribution >= 4 is 38.9 Å². The van der Waals surface area contributed by atoms with E-state index in [0.29, 0.717) is 34.5 Å². The largest absolute Gasteiger partial charge is 0.340 e. The molecule has 3 heterocycles. The van der Waals surface area contributed by atoms with E-state index in [0.717, 1.165) is 11.3 Å². The molecule has 10 nitrogen and oxygen atoms in total. The minimum atomic E-state index is -3.74. The maximum Gasteiger partial charge on any atom is 0.265 e. The van der Waals surface area contributed by atoms with Crippen LogP contribution in [0.25, 0.3) is 0 Å². The molecule has 0 bridgehead atoms. The van der Waals surface area contributed by atoms with E-state index < -0.39 is 10.0 Å². The number of hydrogen-bond donors (Lipinski definition) is 4. The topological polar surface area (TPSA) is 138 Å². The van der Waals surface area contributed by atoms with Gasteiger partial charge < -0.3 is 10.6 Å². The van der Waals surface area contributed by atoms with Crippen molar-refractivity contribution < 1.29 is 8.42 Å².